The van der Waals surface area contributed by atoms with E-state index in [9.17, 15) is 0 Å². The molecule has 0 radical (unpaired) electrons. The highest BCUT2D eigenvalue weighted by atomic mass is 32.1. The third-order valence-electron chi connectivity index (χ3n) is 3.02. The van der Waals surface area contributed by atoms with Crippen LogP contribution in [0.1, 0.15) is 30.5 Å². The zero-order valence-electron chi connectivity index (χ0n) is 10.6. The second kappa shape index (κ2) is 6.11. The lowest BCUT2D eigenvalue weighted by molar-refractivity contribution is 0.0247. The predicted molar refractivity (Wildman–Crippen MR) is 76.9 cm³/mol. The third-order valence-corrected chi connectivity index (χ3v) is 3.26. The summed E-state index contributed by atoms with van der Waals surface area (Å²) < 4.78 is 5.67. The Balaban J connectivity index is 1.97. The number of nitrogens with one attached hydrogen (secondary N) is 1. The molecule has 2 rings (SSSR count). The number of ether oxygens (including phenoxy) is 1. The summed E-state index contributed by atoms with van der Waals surface area (Å²) in [5.41, 5.74) is 7.40. The zero-order chi connectivity index (χ0) is 13.0. The lowest BCUT2D eigenvalue weighted by Gasteiger charge is -2.23. The molecule has 2 heterocycles. The standard InChI is InChI=1S/C13H19N3OS/c1-9-6-10(13(14)18)7-12(16-9)15-8-11-4-2-3-5-17-11/h6-7,11H,2-5,8H2,1H3,(H2,14,18)(H,15,16). The maximum Gasteiger partial charge on any atom is 0.126 e. The van der Waals surface area contributed by atoms with Crippen LogP contribution in [0.15, 0.2) is 12.1 Å². The number of thiocarbonyl (C=S) groups is 1. The molecule has 0 amide bonds. The van der Waals surface area contributed by atoms with Gasteiger partial charge in [-0.25, -0.2) is 4.98 Å². The molecule has 1 aromatic heterocycles. The summed E-state index contributed by atoms with van der Waals surface area (Å²) in [4.78, 5) is 4.82. The van der Waals surface area contributed by atoms with Crippen molar-refractivity contribution in [2.75, 3.05) is 18.5 Å². The quantitative estimate of drug-likeness (QED) is 0.815. The monoisotopic (exact) mass is 265 g/mol. The van der Waals surface area contributed by atoms with Gasteiger partial charge in [-0.3, -0.25) is 0 Å². The van der Waals surface area contributed by atoms with Gasteiger partial charge in [0.2, 0.25) is 0 Å². The highest BCUT2D eigenvalue weighted by molar-refractivity contribution is 7.80. The largest absolute Gasteiger partial charge is 0.389 e. The van der Waals surface area contributed by atoms with Crippen molar-refractivity contribution in [3.63, 3.8) is 0 Å². The normalized spacial score (nSPS) is 19.5. The van der Waals surface area contributed by atoms with Crippen molar-refractivity contribution in [2.24, 2.45) is 5.73 Å². The van der Waals surface area contributed by atoms with Crippen LogP contribution in [0.2, 0.25) is 0 Å². The number of pyridine rings is 1. The molecule has 5 heteroatoms. The molecule has 1 atom stereocenters. The smallest absolute Gasteiger partial charge is 0.126 e. The molecular weight excluding hydrogens is 246 g/mol. The SMILES string of the molecule is Cc1cc(C(N)=S)cc(NCC2CCCCO2)n1. The number of rotatable bonds is 4. The van der Waals surface area contributed by atoms with E-state index in [-0.39, 0.29) is 6.10 Å². The Kier molecular flexibility index (Phi) is 4.49. The molecule has 0 spiro atoms. The number of hydrogen-bond donors (Lipinski definition) is 2. The van der Waals surface area contributed by atoms with Crippen LogP contribution >= 0.6 is 12.2 Å². The van der Waals surface area contributed by atoms with Crippen molar-refractivity contribution < 1.29 is 4.74 Å². The van der Waals surface area contributed by atoms with E-state index in [1.807, 2.05) is 19.1 Å². The van der Waals surface area contributed by atoms with E-state index in [2.05, 4.69) is 10.3 Å². The van der Waals surface area contributed by atoms with E-state index < -0.39 is 0 Å². The first-order chi connectivity index (χ1) is 8.65. The molecule has 3 N–H and O–H groups in total. The summed E-state index contributed by atoms with van der Waals surface area (Å²) in [5.74, 6) is 0.812. The number of anilines is 1. The molecule has 0 saturated carbocycles. The van der Waals surface area contributed by atoms with Crippen LogP contribution in [0, 0.1) is 6.92 Å². The van der Waals surface area contributed by atoms with Gasteiger partial charge in [-0.05, 0) is 38.3 Å². The minimum Gasteiger partial charge on any atom is -0.389 e. The average Bonchev–Trinajstić information content (AvgIpc) is 2.37. The Morgan fingerprint density at radius 3 is 3.06 bits per heavy atom. The van der Waals surface area contributed by atoms with Gasteiger partial charge in [0.25, 0.3) is 0 Å². The van der Waals surface area contributed by atoms with Crippen LogP contribution in [0.3, 0.4) is 0 Å². The fourth-order valence-electron chi connectivity index (χ4n) is 2.09. The summed E-state index contributed by atoms with van der Waals surface area (Å²) in [7, 11) is 0. The number of hydrogen-bond acceptors (Lipinski definition) is 4. The molecule has 0 bridgehead atoms. The van der Waals surface area contributed by atoms with Gasteiger partial charge in [0.15, 0.2) is 0 Å². The van der Waals surface area contributed by atoms with Crippen molar-refractivity contribution >= 4 is 23.0 Å². The topological polar surface area (TPSA) is 60.2 Å². The lowest BCUT2D eigenvalue weighted by Crippen LogP contribution is -2.27. The molecule has 4 nitrogen and oxygen atoms in total. The number of nitrogens with zero attached hydrogens (tertiary/aromatic N) is 1. The van der Waals surface area contributed by atoms with E-state index in [1.54, 1.807) is 0 Å². The Labute approximate surface area is 113 Å². The lowest BCUT2D eigenvalue weighted by atomic mass is 10.1. The van der Waals surface area contributed by atoms with E-state index in [0.29, 0.717) is 4.99 Å². The van der Waals surface area contributed by atoms with Gasteiger partial charge >= 0.3 is 0 Å². The Hall–Kier alpha value is -1.20. The van der Waals surface area contributed by atoms with E-state index >= 15 is 0 Å². The Morgan fingerprint density at radius 1 is 1.56 bits per heavy atom. The first-order valence-electron chi connectivity index (χ1n) is 6.29. The fourth-order valence-corrected chi connectivity index (χ4v) is 2.21. The van der Waals surface area contributed by atoms with Crippen LogP contribution in [0.25, 0.3) is 0 Å². The number of nitrogens with two attached hydrogens (primary N) is 1. The Bertz CT molecular complexity index is 430. The summed E-state index contributed by atoms with van der Waals surface area (Å²) in [5, 5.41) is 3.30. The van der Waals surface area contributed by atoms with Gasteiger partial charge in [0, 0.05) is 24.4 Å². The van der Waals surface area contributed by atoms with Crippen molar-refractivity contribution in [1.82, 2.24) is 4.98 Å². The summed E-state index contributed by atoms with van der Waals surface area (Å²) in [6.07, 6.45) is 3.81. The van der Waals surface area contributed by atoms with Crippen LogP contribution in [0.5, 0.6) is 0 Å². The fraction of sp³-hybridized carbons (Fsp3) is 0.538. The minimum atomic E-state index is 0.286. The molecular formula is C13H19N3OS. The second-order valence-corrected chi connectivity index (χ2v) is 5.06. The first kappa shape index (κ1) is 13.2. The van der Waals surface area contributed by atoms with Crippen LogP contribution in [0.4, 0.5) is 5.82 Å². The maximum atomic E-state index is 5.67. The predicted octanol–water partition coefficient (Wildman–Crippen LogP) is 2.01. The molecule has 0 aromatic carbocycles. The number of aromatic nitrogens is 1. The zero-order valence-corrected chi connectivity index (χ0v) is 11.4. The van der Waals surface area contributed by atoms with Crippen molar-refractivity contribution in [3.05, 3.63) is 23.4 Å². The molecule has 1 aliphatic rings. The van der Waals surface area contributed by atoms with Gasteiger partial charge < -0.3 is 15.8 Å². The first-order valence-corrected chi connectivity index (χ1v) is 6.70. The molecule has 1 fully saturated rings. The third kappa shape index (κ3) is 3.65. The number of aryl methyl sites for hydroxylation is 1. The van der Waals surface area contributed by atoms with Crippen LogP contribution in [-0.2, 0) is 4.74 Å². The van der Waals surface area contributed by atoms with Gasteiger partial charge in [0.05, 0.1) is 6.10 Å². The highest BCUT2D eigenvalue weighted by Gasteiger charge is 2.13. The van der Waals surface area contributed by atoms with Gasteiger partial charge in [-0.2, -0.15) is 0 Å². The summed E-state index contributed by atoms with van der Waals surface area (Å²) >= 11 is 4.99. The molecule has 98 valence electrons. The van der Waals surface area contributed by atoms with Crippen molar-refractivity contribution in [2.45, 2.75) is 32.3 Å². The van der Waals surface area contributed by atoms with E-state index in [4.69, 9.17) is 22.7 Å². The summed E-state index contributed by atoms with van der Waals surface area (Å²) in [6.45, 7) is 3.59. The average molecular weight is 265 g/mol. The van der Waals surface area contributed by atoms with Gasteiger partial charge in [0.1, 0.15) is 10.8 Å². The highest BCUT2D eigenvalue weighted by Crippen LogP contribution is 2.15. The van der Waals surface area contributed by atoms with Gasteiger partial charge in [-0.1, -0.05) is 12.2 Å². The van der Waals surface area contributed by atoms with E-state index in [0.717, 1.165) is 36.6 Å². The molecule has 18 heavy (non-hydrogen) atoms. The molecule has 0 aliphatic carbocycles. The maximum absolute atomic E-state index is 5.67. The molecule has 1 aromatic rings. The minimum absolute atomic E-state index is 0.286. The molecule has 1 unspecified atom stereocenters. The Morgan fingerprint density at radius 2 is 2.39 bits per heavy atom. The van der Waals surface area contributed by atoms with Crippen molar-refractivity contribution in [3.8, 4) is 0 Å². The molecule has 1 aliphatic heterocycles. The van der Waals surface area contributed by atoms with Crippen molar-refractivity contribution in [1.29, 1.82) is 0 Å². The van der Waals surface area contributed by atoms with Gasteiger partial charge in [-0.15, -0.1) is 0 Å². The van der Waals surface area contributed by atoms with E-state index in [1.165, 1.54) is 12.8 Å². The summed E-state index contributed by atoms with van der Waals surface area (Å²) in [6, 6.07) is 3.78. The molecule has 1 saturated heterocycles. The second-order valence-electron chi connectivity index (χ2n) is 4.62. The van der Waals surface area contributed by atoms with Crippen LogP contribution < -0.4 is 11.1 Å². The van der Waals surface area contributed by atoms with Crippen LogP contribution in [-0.4, -0.2) is 29.2 Å².